The Morgan fingerprint density at radius 3 is 2.00 bits per heavy atom. The van der Waals surface area contributed by atoms with E-state index in [4.69, 9.17) is 0 Å². The zero-order valence-electron chi connectivity index (χ0n) is 14.0. The molecule has 0 amide bonds. The topological polar surface area (TPSA) is 32.3 Å². The summed E-state index contributed by atoms with van der Waals surface area (Å²) in [4.78, 5) is 2.69. The molecule has 3 atom stereocenters. The highest BCUT2D eigenvalue weighted by atomic mass is 32.3. The van der Waals surface area contributed by atoms with Crippen LogP contribution in [-0.2, 0) is 0 Å². The van der Waals surface area contributed by atoms with E-state index in [-0.39, 0.29) is 12.1 Å². The summed E-state index contributed by atoms with van der Waals surface area (Å²) in [7, 11) is -1.24. The predicted octanol–water partition coefficient (Wildman–Crippen LogP) is 3.90. The molecule has 0 saturated carbocycles. The number of benzene rings is 2. The third-order valence-electron chi connectivity index (χ3n) is 4.88. The number of aliphatic hydroxyl groups is 1. The Bertz CT molecular complexity index is 577. The van der Waals surface area contributed by atoms with Gasteiger partial charge in [0.2, 0.25) is 0 Å². The van der Waals surface area contributed by atoms with Crippen LogP contribution in [0.25, 0.3) is 0 Å². The first-order chi connectivity index (χ1) is 11.1. The Morgan fingerprint density at radius 2 is 1.57 bits per heavy atom. The second-order valence-electron chi connectivity index (χ2n) is 6.80. The molecule has 2 nitrogen and oxygen atoms in total. The van der Waals surface area contributed by atoms with E-state index in [0.717, 1.165) is 18.7 Å². The average molecular weight is 330 g/mol. The third kappa shape index (κ3) is 3.63. The Hall–Kier alpha value is -1.29. The van der Waals surface area contributed by atoms with Gasteiger partial charge in [0, 0.05) is 11.8 Å². The molecule has 23 heavy (non-hydrogen) atoms. The minimum atomic E-state index is -1.24. The van der Waals surface area contributed by atoms with E-state index in [1.807, 2.05) is 0 Å². The second-order valence-corrected chi connectivity index (χ2v) is 10.3. The maximum absolute atomic E-state index is 10.9. The highest BCUT2D eigenvalue weighted by molar-refractivity contribution is 8.33. The fourth-order valence-corrected chi connectivity index (χ4v) is 6.56. The van der Waals surface area contributed by atoms with Crippen molar-refractivity contribution < 1.29 is 5.11 Å². The average Bonchev–Trinajstić information content (AvgIpc) is 3.03. The zero-order chi connectivity index (χ0) is 16.3. The molecule has 3 heteroatoms. The van der Waals surface area contributed by atoms with Crippen molar-refractivity contribution in [1.29, 1.82) is 0 Å². The van der Waals surface area contributed by atoms with Crippen LogP contribution in [0, 0.1) is 5.92 Å². The summed E-state index contributed by atoms with van der Waals surface area (Å²) in [6.45, 7) is 3.27. The van der Waals surface area contributed by atoms with Gasteiger partial charge in [0.05, 0.1) is 6.10 Å². The van der Waals surface area contributed by atoms with Crippen molar-refractivity contribution in [3.05, 3.63) is 60.7 Å². The van der Waals surface area contributed by atoms with E-state index in [1.165, 1.54) is 9.79 Å². The van der Waals surface area contributed by atoms with Crippen molar-refractivity contribution in [2.75, 3.05) is 18.6 Å². The molecule has 1 fully saturated rings. The van der Waals surface area contributed by atoms with Gasteiger partial charge < -0.3 is 10.4 Å². The molecule has 2 aromatic carbocycles. The van der Waals surface area contributed by atoms with Crippen molar-refractivity contribution in [1.82, 2.24) is 5.32 Å². The van der Waals surface area contributed by atoms with Gasteiger partial charge in [0.25, 0.3) is 0 Å². The maximum atomic E-state index is 10.9. The van der Waals surface area contributed by atoms with Crippen LogP contribution < -0.4 is 5.32 Å². The smallest absolute Gasteiger partial charge is 0.0775 e. The van der Waals surface area contributed by atoms with E-state index >= 15 is 0 Å². The summed E-state index contributed by atoms with van der Waals surface area (Å²) in [6.07, 6.45) is 3.10. The van der Waals surface area contributed by atoms with E-state index in [0.29, 0.717) is 5.92 Å². The Labute approximate surface area is 141 Å². The van der Waals surface area contributed by atoms with Gasteiger partial charge in [-0.15, -0.1) is 0 Å². The summed E-state index contributed by atoms with van der Waals surface area (Å²) in [5, 5.41) is 14.4. The largest absolute Gasteiger partial charge is 0.391 e. The SMILES string of the molecule is CC1CN[C@@H]([C@@H](O)CS(C)(c2ccccc2)c2ccccc2)C1. The number of rotatable bonds is 5. The first-order valence-corrected chi connectivity index (χ1v) is 10.6. The van der Waals surface area contributed by atoms with E-state index in [1.54, 1.807) is 0 Å². The molecule has 0 aliphatic carbocycles. The van der Waals surface area contributed by atoms with Crippen molar-refractivity contribution in [2.45, 2.75) is 35.3 Å². The minimum absolute atomic E-state index is 0.226. The molecule has 0 radical (unpaired) electrons. The van der Waals surface area contributed by atoms with Crippen LogP contribution in [0.5, 0.6) is 0 Å². The molecular formula is C20H27NOS. The summed E-state index contributed by atoms with van der Waals surface area (Å²) in [6, 6.07) is 21.6. The van der Waals surface area contributed by atoms with Crippen LogP contribution in [0.3, 0.4) is 0 Å². The third-order valence-corrected chi connectivity index (χ3v) is 8.51. The molecule has 3 rings (SSSR count). The quantitative estimate of drug-likeness (QED) is 0.872. The lowest BCUT2D eigenvalue weighted by atomic mass is 10.1. The van der Waals surface area contributed by atoms with Gasteiger partial charge in [0.1, 0.15) is 0 Å². The molecular weight excluding hydrogens is 302 g/mol. The number of hydrogen-bond donors (Lipinski definition) is 2. The molecule has 1 aliphatic heterocycles. The van der Waals surface area contributed by atoms with E-state index < -0.39 is 10.0 Å². The van der Waals surface area contributed by atoms with Crippen molar-refractivity contribution in [3.8, 4) is 0 Å². The number of aliphatic hydroxyl groups excluding tert-OH is 1. The lowest BCUT2D eigenvalue weighted by Gasteiger charge is -2.40. The standard InChI is InChI=1S/C20H27NOS/c1-16-13-19(21-14-16)20(22)15-23(2,17-9-5-3-6-10-17)18-11-7-4-8-12-18/h3-12,16,19-22H,13-15H2,1-2H3/t16?,19-,20+/m1/s1. The number of nitrogens with one attached hydrogen (secondary N) is 1. The van der Waals surface area contributed by atoms with Crippen molar-refractivity contribution >= 4 is 10.0 Å². The molecule has 1 aliphatic rings. The molecule has 124 valence electrons. The van der Waals surface area contributed by atoms with E-state index in [9.17, 15) is 5.11 Å². The van der Waals surface area contributed by atoms with Crippen LogP contribution in [0.1, 0.15) is 13.3 Å². The Morgan fingerprint density at radius 1 is 1.04 bits per heavy atom. The van der Waals surface area contributed by atoms with Crippen LogP contribution in [0.4, 0.5) is 0 Å². The zero-order valence-corrected chi connectivity index (χ0v) is 14.8. The first kappa shape index (κ1) is 16.6. The van der Waals surface area contributed by atoms with Crippen LogP contribution in [0.2, 0.25) is 0 Å². The monoisotopic (exact) mass is 329 g/mol. The van der Waals surface area contributed by atoms with Crippen molar-refractivity contribution in [3.63, 3.8) is 0 Å². The van der Waals surface area contributed by atoms with Gasteiger partial charge in [-0.25, -0.2) is 0 Å². The molecule has 2 N–H and O–H groups in total. The maximum Gasteiger partial charge on any atom is 0.0775 e. The van der Waals surface area contributed by atoms with Crippen LogP contribution in [-0.4, -0.2) is 35.8 Å². The summed E-state index contributed by atoms with van der Waals surface area (Å²) < 4.78 is 0. The summed E-state index contributed by atoms with van der Waals surface area (Å²) in [5.74, 6) is 1.47. The van der Waals surface area contributed by atoms with E-state index in [2.05, 4.69) is 79.2 Å². The highest BCUT2D eigenvalue weighted by Gasteiger charge is 2.33. The highest BCUT2D eigenvalue weighted by Crippen LogP contribution is 2.60. The molecule has 0 spiro atoms. The molecule has 0 bridgehead atoms. The predicted molar refractivity (Wildman–Crippen MR) is 99.4 cm³/mol. The Balaban J connectivity index is 1.90. The Kier molecular flexibility index (Phi) is 5.10. The van der Waals surface area contributed by atoms with Gasteiger partial charge in [-0.3, -0.25) is 0 Å². The fourth-order valence-electron chi connectivity index (χ4n) is 3.47. The van der Waals surface area contributed by atoms with Crippen LogP contribution >= 0.6 is 10.0 Å². The summed E-state index contributed by atoms with van der Waals surface area (Å²) >= 11 is 0. The molecule has 1 saturated heterocycles. The minimum Gasteiger partial charge on any atom is -0.391 e. The lowest BCUT2D eigenvalue weighted by Crippen LogP contribution is -2.38. The molecule has 1 heterocycles. The molecule has 2 aromatic rings. The van der Waals surface area contributed by atoms with Gasteiger partial charge >= 0.3 is 0 Å². The summed E-state index contributed by atoms with van der Waals surface area (Å²) in [5.41, 5.74) is 0. The number of hydrogen-bond acceptors (Lipinski definition) is 2. The van der Waals surface area contributed by atoms with Gasteiger partial charge in [-0.1, -0.05) is 43.3 Å². The normalized spacial score (nSPS) is 23.6. The first-order valence-electron chi connectivity index (χ1n) is 8.37. The fraction of sp³-hybridized carbons (Fsp3) is 0.400. The van der Waals surface area contributed by atoms with Gasteiger partial charge in [0.15, 0.2) is 0 Å². The second kappa shape index (κ2) is 7.08. The van der Waals surface area contributed by atoms with Gasteiger partial charge in [-0.2, -0.15) is 10.0 Å². The molecule has 1 unspecified atom stereocenters. The molecule has 0 aromatic heterocycles. The van der Waals surface area contributed by atoms with Gasteiger partial charge in [-0.05, 0) is 59.2 Å². The van der Waals surface area contributed by atoms with Crippen molar-refractivity contribution in [2.24, 2.45) is 5.92 Å². The lowest BCUT2D eigenvalue weighted by molar-refractivity contribution is 0.157. The van der Waals surface area contributed by atoms with Crippen LogP contribution in [0.15, 0.2) is 70.5 Å².